The molecule has 118 valence electrons. The van der Waals surface area contributed by atoms with Crippen molar-refractivity contribution in [3.05, 3.63) is 24.3 Å². The Morgan fingerprint density at radius 1 is 1.38 bits per heavy atom. The van der Waals surface area contributed by atoms with Gasteiger partial charge in [0.25, 0.3) is 5.76 Å². The predicted molar refractivity (Wildman–Crippen MR) is 80.8 cm³/mol. The fourth-order valence-electron chi connectivity index (χ4n) is 1.65. The number of carbonyl (C=O) groups excluding carboxylic acids is 1. The summed E-state index contributed by atoms with van der Waals surface area (Å²) in [6.45, 7) is 4.27. The number of halogens is 2. The van der Waals surface area contributed by atoms with E-state index in [0.717, 1.165) is 0 Å². The number of anilines is 1. The molecule has 1 aromatic carbocycles. The molecule has 3 N–H and O–H groups in total. The molecule has 0 aliphatic rings. The molecule has 0 bridgehead atoms. The molecule has 0 aliphatic heterocycles. The summed E-state index contributed by atoms with van der Waals surface area (Å²) in [7, 11) is 0. The van der Waals surface area contributed by atoms with Gasteiger partial charge in [0.05, 0.1) is 5.69 Å². The third-order valence-electron chi connectivity index (χ3n) is 2.87. The van der Waals surface area contributed by atoms with Crippen molar-refractivity contribution in [3.63, 3.8) is 0 Å². The molecule has 0 aliphatic carbocycles. The van der Waals surface area contributed by atoms with Gasteiger partial charge in [-0.25, -0.2) is 4.79 Å². The zero-order valence-electron chi connectivity index (χ0n) is 12.0. The number of hydrogen-bond donors (Lipinski definition) is 3. The molecule has 2 amide bonds. The number of alkyl halides is 2. The van der Waals surface area contributed by atoms with Gasteiger partial charge in [-0.15, -0.1) is 0 Å². The first-order chi connectivity index (χ1) is 9.84. The molecule has 0 saturated carbocycles. The second-order valence-electron chi connectivity index (χ2n) is 5.32. The van der Waals surface area contributed by atoms with Crippen LogP contribution in [-0.4, -0.2) is 30.0 Å². The monoisotopic (exact) mass is 318 g/mol. The van der Waals surface area contributed by atoms with E-state index in [2.05, 4.69) is 10.6 Å². The fourth-order valence-corrected chi connectivity index (χ4v) is 2.24. The van der Waals surface area contributed by atoms with Crippen molar-refractivity contribution >= 4 is 23.5 Å². The van der Waals surface area contributed by atoms with Crippen LogP contribution in [0, 0.1) is 5.41 Å². The van der Waals surface area contributed by atoms with Crippen LogP contribution in [0.4, 0.5) is 19.3 Å². The molecule has 0 saturated heterocycles. The fraction of sp³-hybridized carbons (Fsp3) is 0.500. The second kappa shape index (κ2) is 8.19. The van der Waals surface area contributed by atoms with Crippen LogP contribution in [0.2, 0.25) is 0 Å². The molecular weight excluding hydrogens is 298 g/mol. The maximum absolute atomic E-state index is 12.4. The lowest BCUT2D eigenvalue weighted by atomic mass is 9.90. The van der Waals surface area contributed by atoms with Crippen LogP contribution in [0.3, 0.4) is 0 Å². The summed E-state index contributed by atoms with van der Waals surface area (Å²) in [5, 5.41) is 14.2. The molecular formula is C14H20F2N2O2S. The van der Waals surface area contributed by atoms with Gasteiger partial charge in [-0.1, -0.05) is 37.7 Å². The number of aliphatic hydroxyl groups is 1. The second-order valence-corrected chi connectivity index (χ2v) is 6.35. The molecule has 0 radical (unpaired) electrons. The number of thioether (sulfide) groups is 1. The van der Waals surface area contributed by atoms with E-state index in [1.807, 2.05) is 13.8 Å². The Hall–Kier alpha value is -1.34. The number of para-hydroxylation sites is 1. The highest BCUT2D eigenvalue weighted by Crippen LogP contribution is 2.31. The first-order valence-corrected chi connectivity index (χ1v) is 7.41. The third kappa shape index (κ3) is 6.77. The van der Waals surface area contributed by atoms with Crippen molar-refractivity contribution in [2.75, 3.05) is 18.5 Å². The Morgan fingerprint density at radius 3 is 2.67 bits per heavy atom. The highest BCUT2D eigenvalue weighted by molar-refractivity contribution is 7.99. The standard InChI is InChI=1S/C14H20F2N2O2S/c1-14(2,7-8-19)9-17-13(20)18-10-5-3-4-6-11(10)21-12(15)16/h3-6,12,19H,7-9H2,1-2H3,(H2,17,18,20). The smallest absolute Gasteiger partial charge is 0.319 e. The minimum atomic E-state index is -2.54. The summed E-state index contributed by atoms with van der Waals surface area (Å²) in [5.41, 5.74) is 0.115. The van der Waals surface area contributed by atoms with Crippen molar-refractivity contribution in [3.8, 4) is 0 Å². The molecule has 0 heterocycles. The Morgan fingerprint density at radius 2 is 2.05 bits per heavy atom. The molecule has 0 aromatic heterocycles. The Bertz CT molecular complexity index is 470. The molecule has 7 heteroatoms. The van der Waals surface area contributed by atoms with E-state index < -0.39 is 11.8 Å². The highest BCUT2D eigenvalue weighted by Gasteiger charge is 2.18. The van der Waals surface area contributed by atoms with Crippen molar-refractivity contribution < 1.29 is 18.7 Å². The van der Waals surface area contributed by atoms with Crippen LogP contribution in [0.25, 0.3) is 0 Å². The van der Waals surface area contributed by atoms with Gasteiger partial charge in [0.2, 0.25) is 0 Å². The zero-order chi connectivity index (χ0) is 15.9. The van der Waals surface area contributed by atoms with Gasteiger partial charge in [0, 0.05) is 18.0 Å². The summed E-state index contributed by atoms with van der Waals surface area (Å²) in [5.74, 6) is -2.54. The van der Waals surface area contributed by atoms with Gasteiger partial charge in [-0.2, -0.15) is 8.78 Å². The van der Waals surface area contributed by atoms with Crippen LogP contribution in [0.5, 0.6) is 0 Å². The van der Waals surface area contributed by atoms with E-state index in [1.54, 1.807) is 18.2 Å². The summed E-state index contributed by atoms with van der Waals surface area (Å²) >= 11 is 0.390. The normalized spacial score (nSPS) is 11.5. The van der Waals surface area contributed by atoms with Crippen LogP contribution >= 0.6 is 11.8 Å². The van der Waals surface area contributed by atoms with Gasteiger partial charge in [0.15, 0.2) is 0 Å². The number of aliphatic hydroxyl groups excluding tert-OH is 1. The predicted octanol–water partition coefficient (Wildman–Crippen LogP) is 3.53. The third-order valence-corrected chi connectivity index (χ3v) is 3.66. The molecule has 0 unspecified atom stereocenters. The highest BCUT2D eigenvalue weighted by atomic mass is 32.2. The first kappa shape index (κ1) is 17.7. The average molecular weight is 318 g/mol. The van der Waals surface area contributed by atoms with Gasteiger partial charge in [-0.3, -0.25) is 0 Å². The van der Waals surface area contributed by atoms with E-state index in [1.165, 1.54) is 6.07 Å². The quantitative estimate of drug-likeness (QED) is 0.674. The molecule has 1 aromatic rings. The maximum Gasteiger partial charge on any atom is 0.319 e. The SMILES string of the molecule is CC(C)(CCO)CNC(=O)Nc1ccccc1SC(F)F. The largest absolute Gasteiger partial charge is 0.396 e. The van der Waals surface area contributed by atoms with Crippen LogP contribution in [0.15, 0.2) is 29.2 Å². The van der Waals surface area contributed by atoms with Crippen LogP contribution in [-0.2, 0) is 0 Å². The van der Waals surface area contributed by atoms with E-state index in [0.29, 0.717) is 35.3 Å². The number of carbonyl (C=O) groups is 1. The summed E-state index contributed by atoms with van der Waals surface area (Å²) in [6.07, 6.45) is 0.561. The van der Waals surface area contributed by atoms with Gasteiger partial charge in [0.1, 0.15) is 0 Å². The summed E-state index contributed by atoms with van der Waals surface area (Å²) < 4.78 is 24.9. The number of benzene rings is 1. The van der Waals surface area contributed by atoms with Crippen LogP contribution in [0.1, 0.15) is 20.3 Å². The summed E-state index contributed by atoms with van der Waals surface area (Å²) in [6, 6.07) is 5.95. The van der Waals surface area contributed by atoms with Gasteiger partial charge in [-0.05, 0) is 24.0 Å². The van der Waals surface area contributed by atoms with E-state index in [4.69, 9.17) is 5.11 Å². The van der Waals surface area contributed by atoms with E-state index in [-0.39, 0.29) is 12.0 Å². The van der Waals surface area contributed by atoms with Crippen molar-refractivity contribution in [2.24, 2.45) is 5.41 Å². The first-order valence-electron chi connectivity index (χ1n) is 6.53. The number of hydrogen-bond acceptors (Lipinski definition) is 3. The topological polar surface area (TPSA) is 61.4 Å². The molecule has 1 rings (SSSR count). The van der Waals surface area contributed by atoms with Crippen molar-refractivity contribution in [1.82, 2.24) is 5.32 Å². The van der Waals surface area contributed by atoms with E-state index >= 15 is 0 Å². The Balaban J connectivity index is 2.59. The van der Waals surface area contributed by atoms with Crippen molar-refractivity contribution in [1.29, 1.82) is 0 Å². The molecule has 4 nitrogen and oxygen atoms in total. The lowest BCUT2D eigenvalue weighted by Gasteiger charge is -2.24. The van der Waals surface area contributed by atoms with E-state index in [9.17, 15) is 13.6 Å². The van der Waals surface area contributed by atoms with Crippen LogP contribution < -0.4 is 10.6 Å². The Kier molecular flexibility index (Phi) is 6.91. The number of nitrogens with one attached hydrogen (secondary N) is 2. The zero-order valence-corrected chi connectivity index (χ0v) is 12.8. The number of urea groups is 1. The summed E-state index contributed by atoms with van der Waals surface area (Å²) in [4.78, 5) is 12.1. The number of amides is 2. The minimum absolute atomic E-state index is 0.0458. The molecule has 0 spiro atoms. The number of rotatable bonds is 7. The van der Waals surface area contributed by atoms with Crippen molar-refractivity contribution in [2.45, 2.75) is 30.9 Å². The molecule has 0 atom stereocenters. The minimum Gasteiger partial charge on any atom is -0.396 e. The van der Waals surface area contributed by atoms with Gasteiger partial charge >= 0.3 is 6.03 Å². The lowest BCUT2D eigenvalue weighted by molar-refractivity contribution is 0.204. The maximum atomic E-state index is 12.4. The molecule has 0 fully saturated rings. The molecule has 21 heavy (non-hydrogen) atoms. The van der Waals surface area contributed by atoms with Gasteiger partial charge < -0.3 is 15.7 Å². The Labute approximate surface area is 127 Å². The lowest BCUT2D eigenvalue weighted by Crippen LogP contribution is -2.37. The average Bonchev–Trinajstić information content (AvgIpc) is 2.38.